The van der Waals surface area contributed by atoms with Gasteiger partial charge in [-0.1, -0.05) is 55.4 Å². The molecule has 13 aliphatic rings. The van der Waals surface area contributed by atoms with Crippen LogP contribution < -0.4 is 10.6 Å². The van der Waals surface area contributed by atoms with E-state index in [-0.39, 0.29) is 27.3 Å². The van der Waals surface area contributed by atoms with Crippen LogP contribution in [0.4, 0.5) is 0 Å². The number of aliphatic hydroxyl groups is 1. The molecule has 0 aromatic heterocycles. The van der Waals surface area contributed by atoms with Gasteiger partial charge in [-0.3, -0.25) is 4.90 Å². The number of nitrogens with one attached hydrogen (secondary N) is 2. The van der Waals surface area contributed by atoms with Crippen molar-refractivity contribution in [3.05, 3.63) is 47.1 Å². The van der Waals surface area contributed by atoms with Crippen LogP contribution in [-0.2, 0) is 4.74 Å². The Morgan fingerprint density at radius 3 is 2.77 bits per heavy atom. The Hall–Kier alpha value is -1.24. The van der Waals surface area contributed by atoms with Crippen LogP contribution in [0, 0.1) is 56.7 Å². The largest absolute Gasteiger partial charge is 0.396 e. The van der Waals surface area contributed by atoms with Crippen molar-refractivity contribution in [2.75, 3.05) is 26.4 Å². The van der Waals surface area contributed by atoms with Gasteiger partial charge >= 0.3 is 0 Å². The van der Waals surface area contributed by atoms with E-state index in [1.165, 1.54) is 109 Å². The summed E-state index contributed by atoms with van der Waals surface area (Å²) < 4.78 is 7.10. The molecule has 53 heavy (non-hydrogen) atoms. The van der Waals surface area contributed by atoms with Gasteiger partial charge in [0.15, 0.2) is 0 Å². The van der Waals surface area contributed by atoms with E-state index in [4.69, 9.17) is 4.74 Å². The minimum atomic E-state index is -0.00219. The molecule has 13 rings (SSSR count). The van der Waals surface area contributed by atoms with Crippen LogP contribution >= 0.6 is 0 Å². The molecular formula is C48H69N3O2. The van der Waals surface area contributed by atoms with Crippen LogP contribution in [0.15, 0.2) is 47.1 Å². The molecule has 288 valence electrons. The average Bonchev–Trinajstić information content (AvgIpc) is 3.36. The van der Waals surface area contributed by atoms with Gasteiger partial charge in [-0.15, -0.1) is 0 Å². The quantitative estimate of drug-likeness (QED) is 0.182. The molecule has 5 heteroatoms. The van der Waals surface area contributed by atoms with Crippen molar-refractivity contribution in [2.45, 2.75) is 166 Å². The average molecular weight is 720 g/mol. The maximum absolute atomic E-state index is 9.93. The second kappa shape index (κ2) is 11.0. The smallest absolute Gasteiger partial charge is 0.0719 e. The lowest BCUT2D eigenvalue weighted by atomic mass is 9.30. The summed E-state index contributed by atoms with van der Waals surface area (Å²) >= 11 is 0. The maximum Gasteiger partial charge on any atom is 0.0719 e. The zero-order valence-electron chi connectivity index (χ0n) is 33.4. The highest BCUT2D eigenvalue weighted by Gasteiger charge is 2.90. The second-order valence-electron chi connectivity index (χ2n) is 21.8. The predicted molar refractivity (Wildman–Crippen MR) is 211 cm³/mol. The van der Waals surface area contributed by atoms with Crippen molar-refractivity contribution in [1.82, 2.24) is 15.5 Å². The third-order valence-corrected chi connectivity index (χ3v) is 21.2. The Bertz CT molecular complexity index is 1710. The topological polar surface area (TPSA) is 56.5 Å². The van der Waals surface area contributed by atoms with Crippen molar-refractivity contribution < 1.29 is 9.84 Å². The summed E-state index contributed by atoms with van der Waals surface area (Å²) in [6.45, 7) is 11.8. The number of rotatable bonds is 7. The first-order valence-corrected chi connectivity index (χ1v) is 23.0. The molecule has 9 aliphatic carbocycles. The third kappa shape index (κ3) is 3.65. The van der Waals surface area contributed by atoms with E-state index in [9.17, 15) is 5.11 Å². The molecule has 5 nitrogen and oxygen atoms in total. The minimum absolute atomic E-state index is 0.00219. The Labute approximate surface area is 320 Å². The molecule has 16 atom stereocenters. The zero-order chi connectivity index (χ0) is 35.6. The Morgan fingerprint density at radius 2 is 1.87 bits per heavy atom. The molecular weight excluding hydrogens is 651 g/mol. The van der Waals surface area contributed by atoms with Gasteiger partial charge in [0, 0.05) is 60.3 Å². The van der Waals surface area contributed by atoms with E-state index >= 15 is 0 Å². The van der Waals surface area contributed by atoms with E-state index in [2.05, 4.69) is 66.7 Å². The monoisotopic (exact) mass is 720 g/mol. The molecule has 0 radical (unpaired) electrons. The van der Waals surface area contributed by atoms with E-state index in [0.717, 1.165) is 49.8 Å². The van der Waals surface area contributed by atoms with Gasteiger partial charge < -0.3 is 20.5 Å². The van der Waals surface area contributed by atoms with Gasteiger partial charge in [0.1, 0.15) is 0 Å². The Morgan fingerprint density at radius 1 is 0.962 bits per heavy atom. The van der Waals surface area contributed by atoms with Crippen LogP contribution in [0.2, 0.25) is 0 Å². The van der Waals surface area contributed by atoms with Crippen LogP contribution in [0.3, 0.4) is 0 Å². The van der Waals surface area contributed by atoms with E-state index in [0.29, 0.717) is 41.5 Å². The molecule has 8 fully saturated rings. The summed E-state index contributed by atoms with van der Waals surface area (Å²) in [7, 11) is 0. The van der Waals surface area contributed by atoms with Crippen LogP contribution in [-0.4, -0.2) is 65.7 Å². The lowest BCUT2D eigenvalue weighted by molar-refractivity contribution is -0.239. The number of fused-ring (bicyclic) bond motifs is 3. The molecule has 0 amide bonds. The van der Waals surface area contributed by atoms with E-state index in [1.807, 2.05) is 5.57 Å². The first kappa shape index (κ1) is 33.9. The second-order valence-corrected chi connectivity index (χ2v) is 21.8. The normalized spacial score (nSPS) is 57.4. The molecule has 4 aliphatic heterocycles. The number of hydrogen-bond acceptors (Lipinski definition) is 5. The molecule has 0 aromatic carbocycles. The summed E-state index contributed by atoms with van der Waals surface area (Å²) in [6.07, 6.45) is 38.2. The summed E-state index contributed by atoms with van der Waals surface area (Å²) in [5, 5.41) is 17.3. The molecule has 4 heterocycles. The van der Waals surface area contributed by atoms with Crippen molar-refractivity contribution in [2.24, 2.45) is 56.7 Å². The fourth-order valence-corrected chi connectivity index (χ4v) is 19.3. The predicted octanol–water partition coefficient (Wildman–Crippen LogP) is 8.61. The number of allylic oxidation sites excluding steroid dienone is 3. The number of nitrogens with zero attached hydrogens (tertiary/aromatic N) is 1. The summed E-state index contributed by atoms with van der Waals surface area (Å²) in [6, 6.07) is 1.39. The Balaban J connectivity index is 0.945. The van der Waals surface area contributed by atoms with Gasteiger partial charge in [-0.2, -0.15) is 0 Å². The lowest BCUT2D eigenvalue weighted by Crippen LogP contribution is -2.75. The van der Waals surface area contributed by atoms with Crippen molar-refractivity contribution >= 4 is 0 Å². The molecule has 3 N–H and O–H groups in total. The summed E-state index contributed by atoms with van der Waals surface area (Å²) in [5.74, 6) is 3.88. The van der Waals surface area contributed by atoms with E-state index < -0.39 is 0 Å². The molecule has 0 aromatic rings. The van der Waals surface area contributed by atoms with Crippen molar-refractivity contribution in [1.29, 1.82) is 0 Å². The van der Waals surface area contributed by atoms with Crippen LogP contribution in [0.5, 0.6) is 0 Å². The zero-order valence-corrected chi connectivity index (χ0v) is 33.4. The van der Waals surface area contributed by atoms with Gasteiger partial charge in [0.25, 0.3) is 0 Å². The van der Waals surface area contributed by atoms with Gasteiger partial charge in [0.05, 0.1) is 11.6 Å². The molecule has 5 spiro atoms. The third-order valence-electron chi connectivity index (χ3n) is 21.2. The van der Waals surface area contributed by atoms with Gasteiger partial charge in [-0.05, 0) is 168 Å². The maximum atomic E-state index is 9.93. The van der Waals surface area contributed by atoms with Gasteiger partial charge in [-0.25, -0.2) is 0 Å². The highest BCUT2D eigenvalue weighted by molar-refractivity contribution is 5.63. The minimum Gasteiger partial charge on any atom is -0.396 e. The van der Waals surface area contributed by atoms with Gasteiger partial charge in [0.2, 0.25) is 0 Å². The highest BCUT2D eigenvalue weighted by Crippen LogP contribution is 2.92. The molecule has 2 saturated heterocycles. The van der Waals surface area contributed by atoms with Crippen molar-refractivity contribution in [3.8, 4) is 0 Å². The number of ether oxygens (including phenoxy) is 1. The molecule has 6 saturated carbocycles. The standard InChI is InChI=1S/C48H69N3O2/c1-31-10-20-46-32(2)27-44(17-11-34-7-8-37(26-38(34)44)53-24-15-33-6-9-40-41(25-33)50-30-49-40)48(28-39(31)46)42(46,3)16-12-36-13-18-43-21-22-47(36,48)51-29-45(43,51)19-14-35(43)5-4-23-52/h12-13,18,21-22,32-35,37-38,40-41,49-50,52H,4-11,14-17,19-20,23-30H2,1-3H3. The molecule has 4 bridgehead atoms. The fourth-order valence-electron chi connectivity index (χ4n) is 19.3. The number of aliphatic hydroxyl groups excluding tert-OH is 1. The van der Waals surface area contributed by atoms with Crippen molar-refractivity contribution in [3.63, 3.8) is 0 Å². The first-order valence-electron chi connectivity index (χ1n) is 23.0. The van der Waals surface area contributed by atoms with Crippen LogP contribution in [0.1, 0.15) is 136 Å². The summed E-state index contributed by atoms with van der Waals surface area (Å²) in [4.78, 5) is 3.21. The number of hydrogen-bond donors (Lipinski definition) is 3. The van der Waals surface area contributed by atoms with Crippen LogP contribution in [0.25, 0.3) is 0 Å². The molecule has 16 unspecified atom stereocenters. The van der Waals surface area contributed by atoms with E-state index in [1.54, 1.807) is 11.1 Å². The first-order chi connectivity index (χ1) is 25.7. The SMILES string of the molecule is CC1=C2CC34C5(CCC6CCC(OCCC7CCC8NCNC8C7)CC65)CC(C)C2(CC1)C3(C)CC=C1C=CC23C=CC14N1CC12CCC3CCCO. The summed E-state index contributed by atoms with van der Waals surface area (Å²) in [5.41, 5.74) is 7.00. The highest BCUT2D eigenvalue weighted by atomic mass is 16.5. The Kier molecular flexibility index (Phi) is 7.04. The lowest BCUT2D eigenvalue weighted by Gasteiger charge is -2.75. The fraction of sp³-hybridized carbons (Fsp3) is 0.833.